The van der Waals surface area contributed by atoms with Gasteiger partial charge in [-0.25, -0.2) is 4.39 Å². The quantitative estimate of drug-likeness (QED) is 0.917. The van der Waals surface area contributed by atoms with Crippen LogP contribution in [0.2, 0.25) is 0 Å². The number of amides is 1. The highest BCUT2D eigenvalue weighted by Crippen LogP contribution is 2.47. The normalized spacial score (nSPS) is 20.0. The van der Waals surface area contributed by atoms with Crippen LogP contribution in [-0.2, 0) is 11.2 Å². The number of rotatable bonds is 5. The summed E-state index contributed by atoms with van der Waals surface area (Å²) in [7, 11) is 0. The first-order valence-electron chi connectivity index (χ1n) is 7.17. The minimum absolute atomic E-state index is 0.0270. The lowest BCUT2D eigenvalue weighted by atomic mass is 10.1. The zero-order chi connectivity index (χ0) is 14.7. The first-order valence-corrected chi connectivity index (χ1v) is 7.17. The largest absolute Gasteiger partial charge is 0.355 e. The fraction of sp³-hybridized carbons (Fsp3) is 0.294. The maximum absolute atomic E-state index is 12.9. The summed E-state index contributed by atoms with van der Waals surface area (Å²) in [4.78, 5) is 16.3. The van der Waals surface area contributed by atoms with Gasteiger partial charge >= 0.3 is 0 Å². The molecule has 1 N–H and O–H groups in total. The van der Waals surface area contributed by atoms with Crippen LogP contribution in [0.5, 0.6) is 0 Å². The van der Waals surface area contributed by atoms with E-state index in [2.05, 4.69) is 10.3 Å². The van der Waals surface area contributed by atoms with Crippen molar-refractivity contribution in [2.45, 2.75) is 18.8 Å². The van der Waals surface area contributed by atoms with Crippen LogP contribution < -0.4 is 5.32 Å². The predicted molar refractivity (Wildman–Crippen MR) is 78.2 cm³/mol. The Morgan fingerprint density at radius 3 is 2.76 bits per heavy atom. The Morgan fingerprint density at radius 2 is 2.05 bits per heavy atom. The number of halogens is 1. The van der Waals surface area contributed by atoms with E-state index in [9.17, 15) is 9.18 Å². The molecule has 0 saturated heterocycles. The average molecular weight is 284 g/mol. The van der Waals surface area contributed by atoms with Crippen molar-refractivity contribution in [3.8, 4) is 0 Å². The second-order valence-corrected chi connectivity index (χ2v) is 5.36. The SMILES string of the molecule is O=C(NCCc1ccccn1)C1CC1c1ccc(F)cc1. The molecule has 0 radical (unpaired) electrons. The molecule has 1 aliphatic carbocycles. The smallest absolute Gasteiger partial charge is 0.223 e. The van der Waals surface area contributed by atoms with Gasteiger partial charge in [0.1, 0.15) is 5.82 Å². The lowest BCUT2D eigenvalue weighted by molar-refractivity contribution is -0.122. The van der Waals surface area contributed by atoms with E-state index in [1.807, 2.05) is 18.2 Å². The Balaban J connectivity index is 1.46. The summed E-state index contributed by atoms with van der Waals surface area (Å²) in [6.07, 6.45) is 3.34. The zero-order valence-corrected chi connectivity index (χ0v) is 11.6. The molecule has 2 atom stereocenters. The van der Waals surface area contributed by atoms with Gasteiger partial charge in [0.05, 0.1) is 0 Å². The molecule has 2 aromatic rings. The maximum Gasteiger partial charge on any atom is 0.223 e. The number of carbonyl (C=O) groups is 1. The lowest BCUT2D eigenvalue weighted by Crippen LogP contribution is -2.27. The molecule has 1 aromatic carbocycles. The third-order valence-electron chi connectivity index (χ3n) is 3.83. The van der Waals surface area contributed by atoms with Crippen LogP contribution in [0.4, 0.5) is 4.39 Å². The molecule has 1 aliphatic rings. The Kier molecular flexibility index (Phi) is 3.95. The lowest BCUT2D eigenvalue weighted by Gasteiger charge is -2.05. The first-order chi connectivity index (χ1) is 10.2. The van der Waals surface area contributed by atoms with Gasteiger partial charge in [-0.3, -0.25) is 9.78 Å². The van der Waals surface area contributed by atoms with Crippen molar-refractivity contribution in [3.63, 3.8) is 0 Å². The highest BCUT2D eigenvalue weighted by molar-refractivity contribution is 5.82. The Hall–Kier alpha value is -2.23. The van der Waals surface area contributed by atoms with Crippen LogP contribution in [0.3, 0.4) is 0 Å². The van der Waals surface area contributed by atoms with Crippen molar-refractivity contribution in [1.82, 2.24) is 10.3 Å². The number of aromatic nitrogens is 1. The van der Waals surface area contributed by atoms with Gasteiger partial charge in [0.25, 0.3) is 0 Å². The molecule has 0 spiro atoms. The molecule has 108 valence electrons. The molecule has 3 rings (SSSR count). The van der Waals surface area contributed by atoms with Gasteiger partial charge < -0.3 is 5.32 Å². The average Bonchev–Trinajstić information content (AvgIpc) is 3.30. The maximum atomic E-state index is 12.9. The van der Waals surface area contributed by atoms with Crippen molar-refractivity contribution < 1.29 is 9.18 Å². The summed E-state index contributed by atoms with van der Waals surface area (Å²) >= 11 is 0. The van der Waals surface area contributed by atoms with Crippen LogP contribution in [-0.4, -0.2) is 17.4 Å². The summed E-state index contributed by atoms with van der Waals surface area (Å²) < 4.78 is 12.9. The van der Waals surface area contributed by atoms with Crippen LogP contribution in [0.25, 0.3) is 0 Å². The summed E-state index contributed by atoms with van der Waals surface area (Å²) in [5, 5.41) is 2.95. The molecular weight excluding hydrogens is 267 g/mol. The van der Waals surface area contributed by atoms with Crippen LogP contribution in [0.15, 0.2) is 48.7 Å². The molecule has 1 heterocycles. The van der Waals surface area contributed by atoms with E-state index in [0.29, 0.717) is 6.54 Å². The monoisotopic (exact) mass is 284 g/mol. The summed E-state index contributed by atoms with van der Waals surface area (Å²) in [6, 6.07) is 12.2. The van der Waals surface area contributed by atoms with Gasteiger partial charge in [-0.15, -0.1) is 0 Å². The fourth-order valence-corrected chi connectivity index (χ4v) is 2.55. The van der Waals surface area contributed by atoms with Gasteiger partial charge in [-0.1, -0.05) is 18.2 Å². The summed E-state index contributed by atoms with van der Waals surface area (Å²) in [6.45, 7) is 0.600. The van der Waals surface area contributed by atoms with E-state index in [-0.39, 0.29) is 23.6 Å². The third kappa shape index (κ3) is 3.45. The van der Waals surface area contributed by atoms with E-state index in [0.717, 1.165) is 24.1 Å². The number of hydrogen-bond acceptors (Lipinski definition) is 2. The molecule has 1 fully saturated rings. The van der Waals surface area contributed by atoms with Crippen molar-refractivity contribution in [1.29, 1.82) is 0 Å². The topological polar surface area (TPSA) is 42.0 Å². The third-order valence-corrected chi connectivity index (χ3v) is 3.83. The molecule has 1 amide bonds. The first kappa shape index (κ1) is 13.7. The van der Waals surface area contributed by atoms with Crippen molar-refractivity contribution in [2.75, 3.05) is 6.54 Å². The van der Waals surface area contributed by atoms with Gasteiger partial charge in [0, 0.05) is 30.8 Å². The second kappa shape index (κ2) is 6.04. The van der Waals surface area contributed by atoms with Crippen LogP contribution >= 0.6 is 0 Å². The number of benzene rings is 1. The van der Waals surface area contributed by atoms with Gasteiger partial charge in [-0.05, 0) is 42.2 Å². The predicted octanol–water partition coefficient (Wildman–Crippen LogP) is 2.68. The molecule has 0 aliphatic heterocycles. The molecule has 0 bridgehead atoms. The van der Waals surface area contributed by atoms with Crippen LogP contribution in [0.1, 0.15) is 23.6 Å². The van der Waals surface area contributed by atoms with Crippen molar-refractivity contribution in [3.05, 3.63) is 65.7 Å². The molecule has 4 heteroatoms. The second-order valence-electron chi connectivity index (χ2n) is 5.36. The van der Waals surface area contributed by atoms with E-state index in [1.54, 1.807) is 18.3 Å². The molecule has 1 aromatic heterocycles. The number of pyridine rings is 1. The standard InChI is InChI=1S/C17H17FN2O/c18-13-6-4-12(5-7-13)15-11-16(15)17(21)20-10-8-14-3-1-2-9-19-14/h1-7,9,15-16H,8,10-11H2,(H,20,21). The zero-order valence-electron chi connectivity index (χ0n) is 11.6. The Morgan fingerprint density at radius 1 is 1.24 bits per heavy atom. The molecule has 2 unspecified atom stereocenters. The molecule has 21 heavy (non-hydrogen) atoms. The number of carbonyl (C=O) groups excluding carboxylic acids is 1. The summed E-state index contributed by atoms with van der Waals surface area (Å²) in [5.41, 5.74) is 2.02. The van der Waals surface area contributed by atoms with E-state index in [4.69, 9.17) is 0 Å². The highest BCUT2D eigenvalue weighted by atomic mass is 19.1. The number of hydrogen-bond donors (Lipinski definition) is 1. The van der Waals surface area contributed by atoms with E-state index >= 15 is 0 Å². The van der Waals surface area contributed by atoms with Crippen molar-refractivity contribution in [2.24, 2.45) is 5.92 Å². The van der Waals surface area contributed by atoms with E-state index in [1.165, 1.54) is 12.1 Å². The minimum Gasteiger partial charge on any atom is -0.355 e. The summed E-state index contributed by atoms with van der Waals surface area (Å²) in [5.74, 6) is 0.107. The van der Waals surface area contributed by atoms with Gasteiger partial charge in [0.15, 0.2) is 0 Å². The molecule has 3 nitrogen and oxygen atoms in total. The van der Waals surface area contributed by atoms with E-state index < -0.39 is 0 Å². The minimum atomic E-state index is -0.240. The number of nitrogens with one attached hydrogen (secondary N) is 1. The van der Waals surface area contributed by atoms with Crippen molar-refractivity contribution >= 4 is 5.91 Å². The van der Waals surface area contributed by atoms with Gasteiger partial charge in [-0.2, -0.15) is 0 Å². The van der Waals surface area contributed by atoms with Crippen LogP contribution in [0, 0.1) is 11.7 Å². The number of nitrogens with zero attached hydrogens (tertiary/aromatic N) is 1. The highest BCUT2D eigenvalue weighted by Gasteiger charge is 2.43. The van der Waals surface area contributed by atoms with Gasteiger partial charge in [0.2, 0.25) is 5.91 Å². The molecular formula is C17H17FN2O. The Labute approximate surface area is 123 Å². The molecule has 1 saturated carbocycles. The Bertz CT molecular complexity index is 612. The fourth-order valence-electron chi connectivity index (χ4n) is 2.55.